The Morgan fingerprint density at radius 1 is 1.12 bits per heavy atom. The van der Waals surface area contributed by atoms with Crippen molar-refractivity contribution >= 4 is 5.97 Å². The summed E-state index contributed by atoms with van der Waals surface area (Å²) in [5.41, 5.74) is 3.78. The van der Waals surface area contributed by atoms with E-state index < -0.39 is 0 Å². The van der Waals surface area contributed by atoms with Crippen molar-refractivity contribution in [2.45, 2.75) is 13.5 Å². The highest BCUT2D eigenvalue weighted by Gasteiger charge is 2.11. The molecule has 0 bridgehead atoms. The normalized spacial score (nSPS) is 10.3. The van der Waals surface area contributed by atoms with Gasteiger partial charge < -0.3 is 9.47 Å². The minimum absolute atomic E-state index is 0.171. The topological polar surface area (TPSA) is 74.2 Å². The van der Waals surface area contributed by atoms with Gasteiger partial charge in [-0.1, -0.05) is 18.2 Å². The zero-order valence-electron chi connectivity index (χ0n) is 14.0. The van der Waals surface area contributed by atoms with Crippen LogP contribution in [0, 0.1) is 6.92 Å². The number of carbonyl (C=O) groups is 1. The third kappa shape index (κ3) is 3.98. The molecule has 0 amide bonds. The number of aryl methyl sites for hydroxylation is 1. The van der Waals surface area contributed by atoms with Crippen molar-refractivity contribution in [3.05, 3.63) is 71.5 Å². The molecule has 0 unspecified atom stereocenters. The van der Waals surface area contributed by atoms with E-state index in [-0.39, 0.29) is 12.6 Å². The lowest BCUT2D eigenvalue weighted by Crippen LogP contribution is -2.07. The van der Waals surface area contributed by atoms with Crippen molar-refractivity contribution in [1.82, 2.24) is 15.2 Å². The number of hydrogen-bond acceptors (Lipinski definition) is 6. The van der Waals surface area contributed by atoms with E-state index in [9.17, 15) is 4.79 Å². The van der Waals surface area contributed by atoms with Crippen molar-refractivity contribution in [2.75, 3.05) is 7.11 Å². The quantitative estimate of drug-likeness (QED) is 0.667. The van der Waals surface area contributed by atoms with E-state index in [0.717, 1.165) is 22.4 Å². The Morgan fingerprint density at radius 2 is 2.00 bits per heavy atom. The summed E-state index contributed by atoms with van der Waals surface area (Å²) in [6.07, 6.45) is 3.16. The van der Waals surface area contributed by atoms with Crippen LogP contribution >= 0.6 is 0 Å². The molecule has 2 heterocycles. The zero-order valence-corrected chi connectivity index (χ0v) is 14.0. The fraction of sp³-hybridized carbons (Fsp3) is 0.158. The Bertz CT molecular complexity index is 879. The average molecular weight is 335 g/mol. The SMILES string of the molecule is COc1ccc(-c2cccc(COC(=O)c3cnccc3C)c2)nn1. The zero-order chi connectivity index (χ0) is 17.6. The van der Waals surface area contributed by atoms with Crippen molar-refractivity contribution in [3.63, 3.8) is 0 Å². The van der Waals surface area contributed by atoms with Gasteiger partial charge in [0.05, 0.1) is 18.4 Å². The average Bonchev–Trinajstić information content (AvgIpc) is 2.67. The summed E-state index contributed by atoms with van der Waals surface area (Å²) in [7, 11) is 1.54. The van der Waals surface area contributed by atoms with Crippen LogP contribution in [0.5, 0.6) is 5.88 Å². The molecule has 3 rings (SSSR count). The molecule has 0 aliphatic carbocycles. The van der Waals surface area contributed by atoms with Crippen LogP contribution in [-0.4, -0.2) is 28.3 Å². The third-order valence-electron chi connectivity index (χ3n) is 3.70. The molecule has 0 aliphatic heterocycles. The molecule has 0 fully saturated rings. The standard InChI is InChI=1S/C19H17N3O3/c1-13-8-9-20-11-16(13)19(23)25-12-14-4-3-5-15(10-14)17-6-7-18(24-2)22-21-17/h3-11H,12H2,1-2H3. The first-order chi connectivity index (χ1) is 12.2. The highest BCUT2D eigenvalue weighted by Crippen LogP contribution is 2.20. The Labute approximate surface area is 145 Å². The van der Waals surface area contributed by atoms with Crippen molar-refractivity contribution < 1.29 is 14.3 Å². The van der Waals surface area contributed by atoms with Gasteiger partial charge in [-0.15, -0.1) is 10.2 Å². The van der Waals surface area contributed by atoms with E-state index in [0.29, 0.717) is 11.4 Å². The number of rotatable bonds is 5. The summed E-state index contributed by atoms with van der Waals surface area (Å²) < 4.78 is 10.4. The monoisotopic (exact) mass is 335 g/mol. The van der Waals surface area contributed by atoms with Crippen LogP contribution in [0.1, 0.15) is 21.5 Å². The molecule has 6 heteroatoms. The van der Waals surface area contributed by atoms with Gasteiger partial charge in [-0.3, -0.25) is 4.98 Å². The minimum atomic E-state index is -0.389. The molecule has 6 nitrogen and oxygen atoms in total. The first-order valence-electron chi connectivity index (χ1n) is 7.72. The largest absolute Gasteiger partial charge is 0.480 e. The van der Waals surface area contributed by atoms with Gasteiger partial charge in [-0.05, 0) is 36.2 Å². The Balaban J connectivity index is 1.71. The van der Waals surface area contributed by atoms with E-state index in [1.54, 1.807) is 25.4 Å². The van der Waals surface area contributed by atoms with Gasteiger partial charge in [0, 0.05) is 24.0 Å². The smallest absolute Gasteiger partial charge is 0.340 e. The van der Waals surface area contributed by atoms with Crippen molar-refractivity contribution in [2.24, 2.45) is 0 Å². The van der Waals surface area contributed by atoms with Gasteiger partial charge in [-0.25, -0.2) is 4.79 Å². The molecule has 0 aliphatic rings. The number of esters is 1. The van der Waals surface area contributed by atoms with Crippen LogP contribution in [0.15, 0.2) is 54.9 Å². The molecular formula is C19H17N3O3. The van der Waals surface area contributed by atoms with Crippen molar-refractivity contribution in [3.8, 4) is 17.1 Å². The fourth-order valence-corrected chi connectivity index (χ4v) is 2.31. The Hall–Kier alpha value is -3.28. The molecule has 25 heavy (non-hydrogen) atoms. The predicted molar refractivity (Wildman–Crippen MR) is 92.1 cm³/mol. The van der Waals surface area contributed by atoms with E-state index in [1.807, 2.05) is 37.3 Å². The van der Waals surface area contributed by atoms with Gasteiger partial charge in [0.15, 0.2) is 0 Å². The summed E-state index contributed by atoms with van der Waals surface area (Å²) in [4.78, 5) is 16.1. The summed E-state index contributed by atoms with van der Waals surface area (Å²) >= 11 is 0. The maximum absolute atomic E-state index is 12.2. The lowest BCUT2D eigenvalue weighted by molar-refractivity contribution is 0.0471. The van der Waals surface area contributed by atoms with Crippen LogP contribution in [0.3, 0.4) is 0 Å². The number of ether oxygens (including phenoxy) is 2. The van der Waals surface area contributed by atoms with Crippen LogP contribution in [-0.2, 0) is 11.3 Å². The molecule has 0 radical (unpaired) electrons. The molecular weight excluding hydrogens is 318 g/mol. The highest BCUT2D eigenvalue weighted by molar-refractivity contribution is 5.90. The summed E-state index contributed by atoms with van der Waals surface area (Å²) in [5, 5.41) is 8.09. The summed E-state index contributed by atoms with van der Waals surface area (Å²) in [6, 6.07) is 13.0. The molecule has 0 N–H and O–H groups in total. The number of nitrogens with zero attached hydrogens (tertiary/aromatic N) is 3. The van der Waals surface area contributed by atoms with Gasteiger partial charge in [0.25, 0.3) is 0 Å². The van der Waals surface area contributed by atoms with E-state index in [2.05, 4.69) is 15.2 Å². The first kappa shape index (κ1) is 16.6. The lowest BCUT2D eigenvalue weighted by atomic mass is 10.1. The first-order valence-corrected chi connectivity index (χ1v) is 7.72. The van der Waals surface area contributed by atoms with Gasteiger partial charge in [-0.2, -0.15) is 0 Å². The van der Waals surface area contributed by atoms with Crippen LogP contribution in [0.4, 0.5) is 0 Å². The Kier molecular flexibility index (Phi) is 4.99. The van der Waals surface area contributed by atoms with E-state index >= 15 is 0 Å². The second-order valence-electron chi connectivity index (χ2n) is 5.43. The molecule has 0 spiro atoms. The molecule has 1 aromatic carbocycles. The number of benzene rings is 1. The lowest BCUT2D eigenvalue weighted by Gasteiger charge is -2.08. The van der Waals surface area contributed by atoms with Crippen LogP contribution in [0.25, 0.3) is 11.3 Å². The predicted octanol–water partition coefficient (Wildman–Crippen LogP) is 3.21. The summed E-state index contributed by atoms with van der Waals surface area (Å²) in [6.45, 7) is 2.02. The number of hydrogen-bond donors (Lipinski definition) is 0. The number of methoxy groups -OCH3 is 1. The van der Waals surface area contributed by atoms with Gasteiger partial charge >= 0.3 is 5.97 Å². The maximum Gasteiger partial charge on any atom is 0.340 e. The van der Waals surface area contributed by atoms with Gasteiger partial charge in [0.1, 0.15) is 6.61 Å². The minimum Gasteiger partial charge on any atom is -0.480 e. The van der Waals surface area contributed by atoms with E-state index in [1.165, 1.54) is 6.20 Å². The summed E-state index contributed by atoms with van der Waals surface area (Å²) in [5.74, 6) is 0.0703. The molecule has 2 aromatic heterocycles. The number of aromatic nitrogens is 3. The second-order valence-corrected chi connectivity index (χ2v) is 5.43. The number of pyridine rings is 1. The number of carbonyl (C=O) groups excluding carboxylic acids is 1. The maximum atomic E-state index is 12.2. The molecule has 126 valence electrons. The second kappa shape index (κ2) is 7.53. The van der Waals surface area contributed by atoms with Crippen molar-refractivity contribution in [1.29, 1.82) is 0 Å². The molecule has 0 saturated heterocycles. The van der Waals surface area contributed by atoms with E-state index in [4.69, 9.17) is 9.47 Å². The molecule has 0 atom stereocenters. The van der Waals surface area contributed by atoms with Crippen LogP contribution < -0.4 is 4.74 Å². The fourth-order valence-electron chi connectivity index (χ4n) is 2.31. The van der Waals surface area contributed by atoms with Crippen LogP contribution in [0.2, 0.25) is 0 Å². The molecule has 0 saturated carbocycles. The molecule has 3 aromatic rings. The Morgan fingerprint density at radius 3 is 2.72 bits per heavy atom. The van der Waals surface area contributed by atoms with Gasteiger partial charge in [0.2, 0.25) is 5.88 Å². The third-order valence-corrected chi connectivity index (χ3v) is 3.70. The highest BCUT2D eigenvalue weighted by atomic mass is 16.5.